The van der Waals surface area contributed by atoms with Crippen LogP contribution in [-0.2, 0) is 10.2 Å². The maximum Gasteiger partial charge on any atom is 0.417 e. The monoisotopic (exact) mass is 350 g/mol. The van der Waals surface area contributed by atoms with E-state index in [4.69, 9.17) is 9.84 Å². The van der Waals surface area contributed by atoms with Crippen LogP contribution < -0.4 is 5.32 Å². The summed E-state index contributed by atoms with van der Waals surface area (Å²) in [5.41, 5.74) is 2.41. The molecule has 0 spiro atoms. The Bertz CT molecular complexity index is 983. The molecular weight excluding hydrogens is 328 g/mol. The van der Waals surface area contributed by atoms with Gasteiger partial charge in [0.2, 0.25) is 0 Å². The number of pyridine rings is 1. The van der Waals surface area contributed by atoms with Crippen LogP contribution in [0.1, 0.15) is 33.4 Å². The van der Waals surface area contributed by atoms with Gasteiger partial charge < -0.3 is 4.74 Å². The second-order valence-corrected chi connectivity index (χ2v) is 7.17. The van der Waals surface area contributed by atoms with Crippen molar-refractivity contribution >= 4 is 22.8 Å². The molecule has 0 saturated heterocycles. The summed E-state index contributed by atoms with van der Waals surface area (Å²) in [5.74, 6) is 0.853. The number of nitrogens with one attached hydrogen (secondary N) is 1. The number of carbonyl (C=O) groups is 1. The first-order chi connectivity index (χ1) is 12.2. The standard InChI is InChI=1S/C20H22N4O2/c1-13(2)26-19(25)22-18-12-17(20(3,4)5)23-24(18)15-8-9-16-14(11-15)7-6-10-21-16/h6-12H,1H2,2-5H3,(H,22,25). The molecule has 26 heavy (non-hydrogen) atoms. The lowest BCUT2D eigenvalue weighted by atomic mass is 9.92. The van der Waals surface area contributed by atoms with E-state index in [0.717, 1.165) is 22.3 Å². The number of nitrogens with zero attached hydrogens (tertiary/aromatic N) is 3. The van der Waals surface area contributed by atoms with E-state index in [1.54, 1.807) is 17.8 Å². The van der Waals surface area contributed by atoms with E-state index < -0.39 is 6.09 Å². The molecule has 1 amide bonds. The number of hydrogen-bond donors (Lipinski definition) is 1. The van der Waals surface area contributed by atoms with Crippen LogP contribution in [0.15, 0.2) is 54.9 Å². The lowest BCUT2D eigenvalue weighted by Gasteiger charge is -2.14. The van der Waals surface area contributed by atoms with Gasteiger partial charge in [-0.3, -0.25) is 10.3 Å². The Morgan fingerprint density at radius 1 is 1.23 bits per heavy atom. The first-order valence-corrected chi connectivity index (χ1v) is 8.34. The molecule has 0 bridgehead atoms. The minimum atomic E-state index is -0.596. The van der Waals surface area contributed by atoms with Crippen LogP contribution in [0.3, 0.4) is 0 Å². The van der Waals surface area contributed by atoms with Gasteiger partial charge in [0.15, 0.2) is 0 Å². The number of amides is 1. The van der Waals surface area contributed by atoms with Crippen LogP contribution in [0.5, 0.6) is 0 Å². The van der Waals surface area contributed by atoms with Crippen LogP contribution in [0.2, 0.25) is 0 Å². The molecule has 3 aromatic rings. The molecule has 2 aromatic heterocycles. The molecular formula is C20H22N4O2. The summed E-state index contributed by atoms with van der Waals surface area (Å²) in [5, 5.41) is 8.43. The minimum absolute atomic E-state index is 0.168. The summed E-state index contributed by atoms with van der Waals surface area (Å²) in [4.78, 5) is 16.4. The van der Waals surface area contributed by atoms with Crippen LogP contribution in [0, 0.1) is 0 Å². The van der Waals surface area contributed by atoms with E-state index in [9.17, 15) is 4.79 Å². The van der Waals surface area contributed by atoms with Crippen LogP contribution in [0.25, 0.3) is 16.6 Å². The normalized spacial score (nSPS) is 11.4. The molecule has 1 aromatic carbocycles. The summed E-state index contributed by atoms with van der Waals surface area (Å²) in [6.07, 6.45) is 1.16. The molecule has 3 rings (SSSR count). The smallest absolute Gasteiger partial charge is 0.416 e. The molecule has 0 atom stereocenters. The van der Waals surface area contributed by atoms with Crippen LogP contribution in [0.4, 0.5) is 10.6 Å². The highest BCUT2D eigenvalue weighted by molar-refractivity contribution is 5.85. The Labute approximate surface area is 152 Å². The van der Waals surface area contributed by atoms with Crippen molar-refractivity contribution in [3.05, 3.63) is 60.6 Å². The fourth-order valence-corrected chi connectivity index (χ4v) is 2.52. The highest BCUT2D eigenvalue weighted by Gasteiger charge is 2.22. The molecule has 0 unspecified atom stereocenters. The predicted molar refractivity (Wildman–Crippen MR) is 102 cm³/mol. The van der Waals surface area contributed by atoms with E-state index in [0.29, 0.717) is 11.6 Å². The van der Waals surface area contributed by atoms with Crippen molar-refractivity contribution in [2.24, 2.45) is 0 Å². The van der Waals surface area contributed by atoms with Gasteiger partial charge in [-0.05, 0) is 31.2 Å². The van der Waals surface area contributed by atoms with Crippen molar-refractivity contribution in [1.29, 1.82) is 0 Å². The number of aromatic nitrogens is 3. The Hall–Kier alpha value is -3.15. The van der Waals surface area contributed by atoms with Gasteiger partial charge in [-0.1, -0.05) is 33.4 Å². The molecule has 6 nitrogen and oxygen atoms in total. The SMILES string of the molecule is C=C(C)OC(=O)Nc1cc(C(C)(C)C)nn1-c1ccc2ncccc2c1. The Balaban J connectivity index is 2.06. The van der Waals surface area contributed by atoms with Crippen molar-refractivity contribution < 1.29 is 9.53 Å². The Morgan fingerprint density at radius 3 is 2.69 bits per heavy atom. The summed E-state index contributed by atoms with van der Waals surface area (Å²) < 4.78 is 6.72. The fourth-order valence-electron chi connectivity index (χ4n) is 2.52. The number of rotatable bonds is 3. The first-order valence-electron chi connectivity index (χ1n) is 8.34. The lowest BCUT2D eigenvalue weighted by Crippen LogP contribution is -2.15. The van der Waals surface area contributed by atoms with Crippen LogP contribution in [-0.4, -0.2) is 20.9 Å². The zero-order valence-corrected chi connectivity index (χ0v) is 15.4. The summed E-state index contributed by atoms with van der Waals surface area (Å²) in [7, 11) is 0. The number of anilines is 1. The number of hydrogen-bond acceptors (Lipinski definition) is 4. The summed E-state index contributed by atoms with van der Waals surface area (Å²) in [6, 6.07) is 11.6. The molecule has 134 valence electrons. The van der Waals surface area contributed by atoms with E-state index in [1.807, 2.05) is 36.4 Å². The highest BCUT2D eigenvalue weighted by atomic mass is 16.6. The summed E-state index contributed by atoms with van der Waals surface area (Å²) in [6.45, 7) is 11.4. The van der Waals surface area contributed by atoms with E-state index in [2.05, 4.69) is 37.7 Å². The van der Waals surface area contributed by atoms with Crippen LogP contribution >= 0.6 is 0 Å². The van der Waals surface area contributed by atoms with Crippen molar-refractivity contribution in [2.45, 2.75) is 33.1 Å². The zero-order chi connectivity index (χ0) is 18.9. The van der Waals surface area contributed by atoms with E-state index in [-0.39, 0.29) is 5.41 Å². The number of benzene rings is 1. The molecule has 0 aliphatic carbocycles. The third-order valence-electron chi connectivity index (χ3n) is 3.81. The molecule has 6 heteroatoms. The van der Waals surface area contributed by atoms with Gasteiger partial charge in [-0.15, -0.1) is 0 Å². The Kier molecular flexibility index (Phi) is 4.50. The van der Waals surface area contributed by atoms with Crippen molar-refractivity contribution in [3.8, 4) is 5.69 Å². The van der Waals surface area contributed by atoms with E-state index in [1.165, 1.54) is 0 Å². The average molecular weight is 350 g/mol. The number of ether oxygens (including phenoxy) is 1. The molecule has 1 N–H and O–H groups in total. The highest BCUT2D eigenvalue weighted by Crippen LogP contribution is 2.27. The fraction of sp³-hybridized carbons (Fsp3) is 0.250. The molecule has 0 saturated carbocycles. The number of allylic oxidation sites excluding steroid dienone is 1. The molecule has 2 heterocycles. The second-order valence-electron chi connectivity index (χ2n) is 7.17. The van der Waals surface area contributed by atoms with Crippen molar-refractivity contribution in [3.63, 3.8) is 0 Å². The van der Waals surface area contributed by atoms with Gasteiger partial charge >= 0.3 is 6.09 Å². The predicted octanol–water partition coefficient (Wildman–Crippen LogP) is 4.80. The number of carbonyl (C=O) groups excluding carboxylic acids is 1. The second kappa shape index (κ2) is 6.63. The van der Waals surface area contributed by atoms with E-state index >= 15 is 0 Å². The average Bonchev–Trinajstić information content (AvgIpc) is 2.97. The number of fused-ring (bicyclic) bond motifs is 1. The van der Waals surface area contributed by atoms with Gasteiger partial charge in [-0.25, -0.2) is 9.48 Å². The topological polar surface area (TPSA) is 69.0 Å². The largest absolute Gasteiger partial charge is 0.417 e. The lowest BCUT2D eigenvalue weighted by molar-refractivity contribution is 0.192. The zero-order valence-electron chi connectivity index (χ0n) is 15.4. The van der Waals surface area contributed by atoms with Gasteiger partial charge in [0.25, 0.3) is 0 Å². The van der Waals surface area contributed by atoms with Crippen molar-refractivity contribution in [1.82, 2.24) is 14.8 Å². The molecule has 0 aliphatic heterocycles. The summed E-state index contributed by atoms with van der Waals surface area (Å²) >= 11 is 0. The quantitative estimate of drug-likeness (QED) is 0.689. The van der Waals surface area contributed by atoms with Crippen molar-refractivity contribution in [2.75, 3.05) is 5.32 Å². The molecule has 0 aliphatic rings. The molecule has 0 radical (unpaired) electrons. The minimum Gasteiger partial charge on any atom is -0.416 e. The maximum absolute atomic E-state index is 12.0. The van der Waals surface area contributed by atoms with Gasteiger partial charge in [-0.2, -0.15) is 5.10 Å². The maximum atomic E-state index is 12.0. The third-order valence-corrected chi connectivity index (χ3v) is 3.81. The van der Waals surface area contributed by atoms with Gasteiger partial charge in [0.1, 0.15) is 5.82 Å². The third kappa shape index (κ3) is 3.74. The van der Waals surface area contributed by atoms with Gasteiger partial charge in [0, 0.05) is 23.1 Å². The molecule has 0 fully saturated rings. The van der Waals surface area contributed by atoms with Gasteiger partial charge in [0.05, 0.1) is 22.7 Å². The first kappa shape index (κ1) is 17.7. The Morgan fingerprint density at radius 2 is 2.00 bits per heavy atom.